The number of nitro benzene ring substituents is 1. The van der Waals surface area contributed by atoms with Crippen LogP contribution in [0.25, 0.3) is 0 Å². The first-order chi connectivity index (χ1) is 13.8. The normalized spacial score (nSPS) is 11.6. The van der Waals surface area contributed by atoms with E-state index in [4.69, 9.17) is 4.74 Å². The van der Waals surface area contributed by atoms with Gasteiger partial charge in [0.25, 0.3) is 11.6 Å². The Balaban J connectivity index is 2.16. The minimum absolute atomic E-state index is 0.00126. The number of nitrogens with zero attached hydrogens (tertiary/aromatic N) is 1. The molecule has 0 saturated carbocycles. The van der Waals surface area contributed by atoms with Gasteiger partial charge in [0, 0.05) is 30.9 Å². The second kappa shape index (κ2) is 10.2. The molecule has 1 amide bonds. The van der Waals surface area contributed by atoms with Crippen molar-refractivity contribution in [3.05, 3.63) is 69.8 Å². The maximum atomic E-state index is 12.6. The van der Waals surface area contributed by atoms with E-state index in [1.807, 2.05) is 44.2 Å². The first-order valence-electron chi connectivity index (χ1n) is 9.33. The monoisotopic (exact) mass is 399 g/mol. The molecule has 0 heterocycles. The van der Waals surface area contributed by atoms with Crippen molar-refractivity contribution in [2.24, 2.45) is 5.92 Å². The topological polar surface area (TPSA) is 111 Å². The predicted molar refractivity (Wildman–Crippen MR) is 110 cm³/mol. The van der Waals surface area contributed by atoms with Crippen molar-refractivity contribution in [3.63, 3.8) is 0 Å². The molecular weight excluding hydrogens is 374 g/mol. The average molecular weight is 399 g/mol. The number of hydrogen-bond donors (Lipinski definition) is 2. The van der Waals surface area contributed by atoms with Gasteiger partial charge in [-0.3, -0.25) is 14.9 Å². The molecule has 0 bridgehead atoms. The van der Waals surface area contributed by atoms with Crippen LogP contribution in [-0.2, 0) is 16.1 Å². The fourth-order valence-electron chi connectivity index (χ4n) is 2.49. The fraction of sp³-hybridized carbons (Fsp3) is 0.333. The molecule has 0 fully saturated rings. The fourth-order valence-corrected chi connectivity index (χ4v) is 2.49. The van der Waals surface area contributed by atoms with Gasteiger partial charge in [0.05, 0.1) is 10.5 Å². The quantitative estimate of drug-likeness (QED) is 0.379. The molecule has 154 valence electrons. The Kier molecular flexibility index (Phi) is 7.70. The number of anilines is 1. The molecule has 0 unspecified atom stereocenters. The molecule has 0 aliphatic heterocycles. The highest BCUT2D eigenvalue weighted by Gasteiger charge is 2.23. The summed E-state index contributed by atoms with van der Waals surface area (Å²) >= 11 is 0. The number of nitro groups is 1. The minimum Gasteiger partial charge on any atom is -0.449 e. The number of carbonyl (C=O) groups is 2. The molecule has 2 N–H and O–H groups in total. The van der Waals surface area contributed by atoms with Crippen molar-refractivity contribution >= 4 is 23.3 Å². The van der Waals surface area contributed by atoms with Gasteiger partial charge in [0.15, 0.2) is 6.10 Å². The number of carbonyl (C=O) groups excluding carboxylic acids is 2. The zero-order chi connectivity index (χ0) is 21.4. The molecular formula is C21H25N3O5. The van der Waals surface area contributed by atoms with E-state index in [1.165, 1.54) is 19.1 Å². The molecule has 8 nitrogen and oxygen atoms in total. The van der Waals surface area contributed by atoms with Gasteiger partial charge in [-0.15, -0.1) is 0 Å². The van der Waals surface area contributed by atoms with Gasteiger partial charge in [0.1, 0.15) is 0 Å². The van der Waals surface area contributed by atoms with E-state index in [9.17, 15) is 19.7 Å². The summed E-state index contributed by atoms with van der Waals surface area (Å²) in [6.45, 7) is 6.24. The first kappa shape index (κ1) is 21.9. The Bertz CT molecular complexity index is 868. The largest absolute Gasteiger partial charge is 0.449 e. The van der Waals surface area contributed by atoms with E-state index in [0.29, 0.717) is 18.8 Å². The lowest BCUT2D eigenvalue weighted by Crippen LogP contribution is -2.37. The van der Waals surface area contributed by atoms with E-state index >= 15 is 0 Å². The number of hydrogen-bond acceptors (Lipinski definition) is 6. The van der Waals surface area contributed by atoms with E-state index in [1.54, 1.807) is 0 Å². The van der Waals surface area contributed by atoms with Crippen molar-refractivity contribution < 1.29 is 19.2 Å². The minimum atomic E-state index is -1.03. The molecule has 0 saturated heterocycles. The second-order valence-corrected chi connectivity index (χ2v) is 7.01. The van der Waals surface area contributed by atoms with E-state index < -0.39 is 22.9 Å². The standard InChI is InChI=1S/C21H25N3O5/c1-14(2)12-23-20(25)15(3)29-21(26)18-11-17(24(27)28)9-10-19(18)22-13-16-7-5-4-6-8-16/h4-11,14-15,22H,12-13H2,1-3H3,(H,23,25)/t15-/m0/s1. The van der Waals surface area contributed by atoms with Gasteiger partial charge in [-0.05, 0) is 24.5 Å². The molecule has 0 radical (unpaired) electrons. The van der Waals surface area contributed by atoms with Crippen molar-refractivity contribution in [1.82, 2.24) is 5.32 Å². The van der Waals surface area contributed by atoms with Crippen LogP contribution in [0.3, 0.4) is 0 Å². The van der Waals surface area contributed by atoms with Gasteiger partial charge < -0.3 is 15.4 Å². The Hall–Kier alpha value is -3.42. The van der Waals surface area contributed by atoms with Crippen LogP contribution in [0.2, 0.25) is 0 Å². The van der Waals surface area contributed by atoms with Crippen molar-refractivity contribution in [2.75, 3.05) is 11.9 Å². The Morgan fingerprint density at radius 3 is 2.41 bits per heavy atom. The summed E-state index contributed by atoms with van der Waals surface area (Å²) in [6.07, 6.45) is -1.03. The lowest BCUT2D eigenvalue weighted by Gasteiger charge is -2.16. The molecule has 2 rings (SSSR count). The summed E-state index contributed by atoms with van der Waals surface area (Å²) in [5.74, 6) is -0.972. The summed E-state index contributed by atoms with van der Waals surface area (Å²) < 4.78 is 5.24. The number of amides is 1. The molecule has 2 aromatic rings. The Labute approximate surface area is 169 Å². The van der Waals surface area contributed by atoms with Crippen LogP contribution in [0.4, 0.5) is 11.4 Å². The molecule has 0 aliphatic carbocycles. The number of nitrogens with one attached hydrogen (secondary N) is 2. The van der Waals surface area contributed by atoms with Crippen LogP contribution >= 0.6 is 0 Å². The average Bonchev–Trinajstić information content (AvgIpc) is 2.70. The molecule has 1 atom stereocenters. The second-order valence-electron chi connectivity index (χ2n) is 7.01. The van der Waals surface area contributed by atoms with Crippen LogP contribution in [-0.4, -0.2) is 29.4 Å². The summed E-state index contributed by atoms with van der Waals surface area (Å²) in [4.78, 5) is 35.2. The number of non-ortho nitro benzene ring substituents is 1. The molecule has 0 aromatic heterocycles. The zero-order valence-corrected chi connectivity index (χ0v) is 16.7. The molecule has 29 heavy (non-hydrogen) atoms. The van der Waals surface area contributed by atoms with E-state index in [-0.39, 0.29) is 17.2 Å². The van der Waals surface area contributed by atoms with E-state index in [2.05, 4.69) is 10.6 Å². The van der Waals surface area contributed by atoms with Crippen molar-refractivity contribution in [3.8, 4) is 0 Å². The third-order valence-corrected chi connectivity index (χ3v) is 4.10. The highest BCUT2D eigenvalue weighted by atomic mass is 16.6. The maximum Gasteiger partial charge on any atom is 0.341 e. The smallest absolute Gasteiger partial charge is 0.341 e. The van der Waals surface area contributed by atoms with Gasteiger partial charge >= 0.3 is 5.97 Å². The van der Waals surface area contributed by atoms with Crippen molar-refractivity contribution in [1.29, 1.82) is 0 Å². The highest BCUT2D eigenvalue weighted by molar-refractivity contribution is 5.98. The molecule has 2 aromatic carbocycles. The van der Waals surface area contributed by atoms with Gasteiger partial charge in [-0.2, -0.15) is 0 Å². The SMILES string of the molecule is CC(C)CNC(=O)[C@H](C)OC(=O)c1cc([N+](=O)[O-])ccc1NCc1ccccc1. The van der Waals surface area contributed by atoms with Crippen molar-refractivity contribution in [2.45, 2.75) is 33.4 Å². The van der Waals surface area contributed by atoms with Gasteiger partial charge in [-0.1, -0.05) is 44.2 Å². The van der Waals surface area contributed by atoms with Crippen LogP contribution in [0, 0.1) is 16.0 Å². The van der Waals surface area contributed by atoms with Crippen LogP contribution in [0.15, 0.2) is 48.5 Å². The summed E-state index contributed by atoms with van der Waals surface area (Å²) in [6, 6.07) is 13.4. The summed E-state index contributed by atoms with van der Waals surface area (Å²) in [7, 11) is 0. The van der Waals surface area contributed by atoms with Gasteiger partial charge in [-0.25, -0.2) is 4.79 Å². The molecule has 0 aliphatic rings. The molecule has 8 heteroatoms. The summed E-state index contributed by atoms with van der Waals surface area (Å²) in [5, 5.41) is 16.9. The number of rotatable bonds is 9. The van der Waals surface area contributed by atoms with Crippen LogP contribution in [0.1, 0.15) is 36.7 Å². The number of benzene rings is 2. The Morgan fingerprint density at radius 2 is 1.79 bits per heavy atom. The number of ether oxygens (including phenoxy) is 1. The van der Waals surface area contributed by atoms with Crippen LogP contribution in [0.5, 0.6) is 0 Å². The zero-order valence-electron chi connectivity index (χ0n) is 16.7. The van der Waals surface area contributed by atoms with E-state index in [0.717, 1.165) is 11.6 Å². The Morgan fingerprint density at radius 1 is 1.10 bits per heavy atom. The maximum absolute atomic E-state index is 12.6. The number of esters is 1. The predicted octanol–water partition coefficient (Wildman–Crippen LogP) is 3.52. The lowest BCUT2D eigenvalue weighted by molar-refractivity contribution is -0.384. The first-order valence-corrected chi connectivity index (χ1v) is 9.33. The third kappa shape index (κ3) is 6.60. The molecule has 0 spiro atoms. The highest BCUT2D eigenvalue weighted by Crippen LogP contribution is 2.24. The summed E-state index contributed by atoms with van der Waals surface area (Å²) in [5.41, 5.74) is 1.13. The third-order valence-electron chi connectivity index (χ3n) is 4.10. The lowest BCUT2D eigenvalue weighted by atomic mass is 10.1. The van der Waals surface area contributed by atoms with Gasteiger partial charge in [0.2, 0.25) is 0 Å². The van der Waals surface area contributed by atoms with Crippen LogP contribution < -0.4 is 10.6 Å².